The Labute approximate surface area is 106 Å². The van der Waals surface area contributed by atoms with E-state index < -0.39 is 18.8 Å². The lowest BCUT2D eigenvalue weighted by molar-refractivity contribution is -0.122. The van der Waals surface area contributed by atoms with Crippen molar-refractivity contribution >= 4 is 28.9 Å². The number of carbonyl (C=O) groups is 1. The number of rotatable bonds is 3. The average molecular weight is 277 g/mol. The summed E-state index contributed by atoms with van der Waals surface area (Å²) in [5.41, 5.74) is 6.20. The molecule has 1 aromatic rings. The van der Waals surface area contributed by atoms with Crippen LogP contribution in [0.2, 0.25) is 0 Å². The zero-order valence-corrected chi connectivity index (χ0v) is 9.86. The number of nitrogens with two attached hydrogens (primary N) is 1. The van der Waals surface area contributed by atoms with Gasteiger partial charge in [0.2, 0.25) is 0 Å². The third-order valence-corrected chi connectivity index (χ3v) is 2.09. The zero-order valence-electron chi connectivity index (χ0n) is 9.04. The van der Waals surface area contributed by atoms with E-state index in [1.54, 1.807) is 17.4 Å². The molecule has 0 radical (unpaired) electrons. The summed E-state index contributed by atoms with van der Waals surface area (Å²) in [6.07, 6.45) is -4.45. The summed E-state index contributed by atoms with van der Waals surface area (Å²) < 4.78 is 35.5. The third-order valence-electron chi connectivity index (χ3n) is 1.85. The van der Waals surface area contributed by atoms with Gasteiger partial charge in [0.15, 0.2) is 0 Å². The number of hydrogen-bond donors (Lipinski definition) is 3. The number of benzene rings is 1. The number of alkyl halides is 3. The molecule has 0 unspecified atom stereocenters. The highest BCUT2D eigenvalue weighted by Gasteiger charge is 2.27. The van der Waals surface area contributed by atoms with Gasteiger partial charge in [0, 0.05) is 11.3 Å². The van der Waals surface area contributed by atoms with Crippen LogP contribution in [0.4, 0.5) is 23.7 Å². The molecule has 0 heterocycles. The molecular weight excluding hydrogens is 267 g/mol. The van der Waals surface area contributed by atoms with Crippen molar-refractivity contribution in [1.82, 2.24) is 5.32 Å². The standard InChI is InChI=1S/C10H10F3N3OS/c11-10(12,13)5-15-9(17)16-7-3-1-2-6(4-7)8(14)18/h1-4H,5H2,(H2,14,18)(H2,15,16,17). The molecule has 18 heavy (non-hydrogen) atoms. The molecule has 2 amide bonds. The maximum absolute atomic E-state index is 11.8. The van der Waals surface area contributed by atoms with Crippen molar-refractivity contribution in [3.8, 4) is 0 Å². The zero-order chi connectivity index (χ0) is 13.8. The van der Waals surface area contributed by atoms with Crippen molar-refractivity contribution < 1.29 is 18.0 Å². The van der Waals surface area contributed by atoms with Crippen molar-refractivity contribution in [3.05, 3.63) is 29.8 Å². The van der Waals surface area contributed by atoms with E-state index in [0.717, 1.165) is 0 Å². The number of amides is 2. The van der Waals surface area contributed by atoms with Crippen LogP contribution >= 0.6 is 12.2 Å². The van der Waals surface area contributed by atoms with E-state index in [1.807, 2.05) is 0 Å². The van der Waals surface area contributed by atoms with Gasteiger partial charge in [-0.1, -0.05) is 24.4 Å². The molecule has 0 aliphatic heterocycles. The van der Waals surface area contributed by atoms with Crippen molar-refractivity contribution in [1.29, 1.82) is 0 Å². The molecule has 1 rings (SSSR count). The van der Waals surface area contributed by atoms with Crippen molar-refractivity contribution in [2.45, 2.75) is 6.18 Å². The van der Waals surface area contributed by atoms with E-state index in [1.165, 1.54) is 12.1 Å². The van der Waals surface area contributed by atoms with Crippen molar-refractivity contribution in [3.63, 3.8) is 0 Å². The first-order valence-corrected chi connectivity index (χ1v) is 5.20. The van der Waals surface area contributed by atoms with Gasteiger partial charge in [0.1, 0.15) is 11.5 Å². The van der Waals surface area contributed by atoms with Crippen LogP contribution in [0.3, 0.4) is 0 Å². The van der Waals surface area contributed by atoms with Crippen LogP contribution in [0, 0.1) is 0 Å². The number of anilines is 1. The Morgan fingerprint density at radius 3 is 2.61 bits per heavy atom. The molecule has 8 heteroatoms. The number of halogens is 3. The summed E-state index contributed by atoms with van der Waals surface area (Å²) in [5, 5.41) is 3.93. The lowest BCUT2D eigenvalue weighted by atomic mass is 10.2. The lowest BCUT2D eigenvalue weighted by Crippen LogP contribution is -2.36. The molecule has 1 aromatic carbocycles. The molecule has 0 saturated heterocycles. The maximum atomic E-state index is 11.8. The van der Waals surface area contributed by atoms with Gasteiger partial charge in [-0.2, -0.15) is 13.2 Å². The first-order chi connectivity index (χ1) is 8.28. The average Bonchev–Trinajstić information content (AvgIpc) is 2.26. The topological polar surface area (TPSA) is 67.1 Å². The number of nitrogens with one attached hydrogen (secondary N) is 2. The number of hydrogen-bond acceptors (Lipinski definition) is 2. The monoisotopic (exact) mass is 277 g/mol. The second kappa shape index (κ2) is 5.67. The first kappa shape index (κ1) is 14.2. The SMILES string of the molecule is NC(=S)c1cccc(NC(=O)NCC(F)(F)F)c1. The van der Waals surface area contributed by atoms with Gasteiger partial charge in [-0.3, -0.25) is 0 Å². The Kier molecular flexibility index (Phi) is 4.49. The highest BCUT2D eigenvalue weighted by atomic mass is 32.1. The van der Waals surface area contributed by atoms with E-state index in [2.05, 4.69) is 5.32 Å². The van der Waals surface area contributed by atoms with Crippen molar-refractivity contribution in [2.24, 2.45) is 5.73 Å². The minimum atomic E-state index is -4.45. The van der Waals surface area contributed by atoms with Gasteiger partial charge < -0.3 is 16.4 Å². The van der Waals surface area contributed by atoms with Gasteiger partial charge >= 0.3 is 12.2 Å². The molecule has 0 aliphatic carbocycles. The lowest BCUT2D eigenvalue weighted by Gasteiger charge is -2.10. The van der Waals surface area contributed by atoms with E-state index in [0.29, 0.717) is 11.3 Å². The Morgan fingerprint density at radius 2 is 2.06 bits per heavy atom. The van der Waals surface area contributed by atoms with Crippen LogP contribution in [-0.2, 0) is 0 Å². The summed E-state index contributed by atoms with van der Waals surface area (Å²) >= 11 is 4.74. The van der Waals surface area contributed by atoms with Gasteiger partial charge in [0.25, 0.3) is 0 Å². The van der Waals surface area contributed by atoms with E-state index in [4.69, 9.17) is 18.0 Å². The number of thiocarbonyl (C=S) groups is 1. The largest absolute Gasteiger partial charge is 0.405 e. The predicted molar refractivity (Wildman–Crippen MR) is 65.4 cm³/mol. The molecule has 0 aromatic heterocycles. The first-order valence-electron chi connectivity index (χ1n) is 4.79. The van der Waals surface area contributed by atoms with Crippen LogP contribution in [0.1, 0.15) is 5.56 Å². The fourth-order valence-corrected chi connectivity index (χ4v) is 1.23. The Morgan fingerprint density at radius 1 is 1.39 bits per heavy atom. The van der Waals surface area contributed by atoms with Crippen LogP contribution in [0.25, 0.3) is 0 Å². The van der Waals surface area contributed by atoms with E-state index >= 15 is 0 Å². The maximum Gasteiger partial charge on any atom is 0.405 e. The summed E-state index contributed by atoms with van der Waals surface area (Å²) in [7, 11) is 0. The summed E-state index contributed by atoms with van der Waals surface area (Å²) in [6.45, 7) is -1.40. The molecular formula is C10H10F3N3OS. The van der Waals surface area contributed by atoms with Crippen molar-refractivity contribution in [2.75, 3.05) is 11.9 Å². The number of urea groups is 1. The van der Waals surface area contributed by atoms with Gasteiger partial charge in [-0.05, 0) is 12.1 Å². The summed E-state index contributed by atoms with van der Waals surface area (Å²) in [4.78, 5) is 11.3. The molecule has 4 nitrogen and oxygen atoms in total. The van der Waals surface area contributed by atoms with Crippen LogP contribution in [0.15, 0.2) is 24.3 Å². The van der Waals surface area contributed by atoms with E-state index in [9.17, 15) is 18.0 Å². The normalized spacial score (nSPS) is 10.8. The van der Waals surface area contributed by atoms with E-state index in [-0.39, 0.29) is 4.99 Å². The highest BCUT2D eigenvalue weighted by Crippen LogP contribution is 2.13. The van der Waals surface area contributed by atoms with Gasteiger partial charge in [-0.25, -0.2) is 4.79 Å². The summed E-state index contributed by atoms with van der Waals surface area (Å²) in [6, 6.07) is 5.23. The number of carbonyl (C=O) groups excluding carboxylic acids is 1. The molecule has 0 aliphatic rings. The Bertz CT molecular complexity index is 462. The Hall–Kier alpha value is -1.83. The minimum absolute atomic E-state index is 0.134. The molecule has 98 valence electrons. The molecule has 4 N–H and O–H groups in total. The van der Waals surface area contributed by atoms with Crippen LogP contribution in [0.5, 0.6) is 0 Å². The Balaban J connectivity index is 2.59. The van der Waals surface area contributed by atoms with Crippen LogP contribution < -0.4 is 16.4 Å². The summed E-state index contributed by atoms with van der Waals surface area (Å²) in [5.74, 6) is 0. The molecule has 0 fully saturated rings. The fourth-order valence-electron chi connectivity index (χ4n) is 1.11. The minimum Gasteiger partial charge on any atom is -0.389 e. The van der Waals surface area contributed by atoms with Gasteiger partial charge in [-0.15, -0.1) is 0 Å². The predicted octanol–water partition coefficient (Wildman–Crippen LogP) is 2.00. The van der Waals surface area contributed by atoms with Gasteiger partial charge in [0.05, 0.1) is 0 Å². The molecule has 0 bridgehead atoms. The second-order valence-electron chi connectivity index (χ2n) is 3.37. The molecule has 0 atom stereocenters. The molecule has 0 spiro atoms. The quantitative estimate of drug-likeness (QED) is 0.740. The van der Waals surface area contributed by atoms with Crippen LogP contribution in [-0.4, -0.2) is 23.7 Å². The highest BCUT2D eigenvalue weighted by molar-refractivity contribution is 7.80. The fraction of sp³-hybridized carbons (Fsp3) is 0.200. The smallest absolute Gasteiger partial charge is 0.389 e. The second-order valence-corrected chi connectivity index (χ2v) is 3.81. The third kappa shape index (κ3) is 5.00. The molecule has 0 saturated carbocycles.